The molecule has 6 nitrogen and oxygen atoms in total. The van der Waals surface area contributed by atoms with Gasteiger partial charge >= 0.3 is 0 Å². The number of benzene rings is 4. The first-order valence-electron chi connectivity index (χ1n) is 18.8. The molecule has 10 heteroatoms. The lowest BCUT2D eigenvalue weighted by molar-refractivity contribution is 0.0975. The van der Waals surface area contributed by atoms with Crippen molar-refractivity contribution in [2.45, 2.75) is 38.9 Å². The molecule has 0 radical (unpaired) electrons. The van der Waals surface area contributed by atoms with Crippen LogP contribution in [0.25, 0.3) is 62.6 Å². The number of Topliss-reactive ketones (excluding diaryl/α,β-unsaturated/α-hetero) is 4. The molecule has 4 aromatic heterocycles. The third-order valence-corrected chi connectivity index (χ3v) is 16.6. The largest absolute Gasteiger partial charge is 0.481 e. The number of carbonyl (C=O) groups excluding carboxylic acids is 4. The Morgan fingerprint density at radius 3 is 1.10 bits per heavy atom. The zero-order valence-electron chi connectivity index (χ0n) is 31.3. The fraction of sp³-hybridized carbons (Fsp3) is 0.125. The molecule has 4 aliphatic rings. The van der Waals surface area contributed by atoms with Gasteiger partial charge in [0.25, 0.3) is 0 Å². The molecule has 2 aliphatic heterocycles. The quantitative estimate of drug-likeness (QED) is 0.127. The van der Waals surface area contributed by atoms with Gasteiger partial charge in [0.2, 0.25) is 0 Å². The summed E-state index contributed by atoms with van der Waals surface area (Å²) in [5, 5.41) is 3.71. The smallest absolute Gasteiger partial charge is 0.197 e. The molecule has 0 atom stereocenters. The lowest BCUT2D eigenvalue weighted by Gasteiger charge is -2.31. The molecular weight excluding hydrogens is 801 g/mol. The molecule has 280 valence electrons. The molecule has 0 saturated heterocycles. The number of allylic oxidation sites excluding steroid dienone is 2. The number of hydrogen-bond donors (Lipinski definition) is 0. The second kappa shape index (κ2) is 11.4. The first-order valence-corrected chi connectivity index (χ1v) is 22.1. The highest BCUT2D eigenvalue weighted by atomic mass is 32.1. The Morgan fingerprint density at radius 2 is 0.776 bits per heavy atom. The first kappa shape index (κ1) is 34.3. The molecule has 6 heterocycles. The van der Waals surface area contributed by atoms with Crippen molar-refractivity contribution in [2.75, 3.05) is 0 Å². The van der Waals surface area contributed by atoms with E-state index in [-0.39, 0.29) is 34.3 Å². The average molecular weight is 829 g/mol. The van der Waals surface area contributed by atoms with Crippen LogP contribution in [-0.2, 0) is 11.2 Å². The van der Waals surface area contributed by atoms with E-state index in [1.54, 1.807) is 34.8 Å². The maximum absolute atomic E-state index is 13.6. The van der Waals surface area contributed by atoms with Crippen LogP contribution in [0.15, 0.2) is 96.1 Å². The second-order valence-corrected chi connectivity index (χ2v) is 20.3. The normalized spacial score (nSPS) is 16.9. The van der Waals surface area contributed by atoms with Crippen molar-refractivity contribution in [1.29, 1.82) is 0 Å². The molecule has 2 aliphatic carbocycles. The van der Waals surface area contributed by atoms with Crippen LogP contribution < -0.4 is 9.47 Å². The summed E-state index contributed by atoms with van der Waals surface area (Å²) in [5.74, 6) is 0.458. The van der Waals surface area contributed by atoms with Gasteiger partial charge in [-0.15, -0.1) is 45.3 Å². The van der Waals surface area contributed by atoms with Crippen LogP contribution in [0.4, 0.5) is 0 Å². The molecule has 0 fully saturated rings. The Balaban J connectivity index is 0.931. The number of fused-ring (bicyclic) bond motifs is 13. The van der Waals surface area contributed by atoms with Crippen molar-refractivity contribution in [1.82, 2.24) is 0 Å². The van der Waals surface area contributed by atoms with Gasteiger partial charge in [0, 0.05) is 43.1 Å². The summed E-state index contributed by atoms with van der Waals surface area (Å²) in [7, 11) is 0. The van der Waals surface area contributed by atoms with Gasteiger partial charge in [0.1, 0.15) is 22.7 Å². The SMILES string of the molecule is CC1(C)Oc2cc(C=C3C(=O)c4cc5ccccc5cc4C3=O)sc2-c2sc3c4c(sc3c21)-c1sc(C=C2C(=O)c3cc5ccccc5cc3C2=O)cc1OC4(C)C. The third kappa shape index (κ3) is 4.62. The molecular formula is C48H28O6S4. The molecule has 58 heavy (non-hydrogen) atoms. The molecule has 12 rings (SSSR count). The van der Waals surface area contributed by atoms with Crippen LogP contribution in [0.2, 0.25) is 0 Å². The van der Waals surface area contributed by atoms with Gasteiger partial charge < -0.3 is 9.47 Å². The van der Waals surface area contributed by atoms with Crippen molar-refractivity contribution in [3.8, 4) is 31.0 Å². The maximum Gasteiger partial charge on any atom is 0.197 e. The molecule has 0 spiro atoms. The van der Waals surface area contributed by atoms with Crippen LogP contribution in [0.3, 0.4) is 0 Å². The van der Waals surface area contributed by atoms with E-state index < -0.39 is 11.2 Å². The minimum atomic E-state index is -0.670. The number of ether oxygens (including phenoxy) is 2. The monoisotopic (exact) mass is 828 g/mol. The van der Waals surface area contributed by atoms with E-state index in [0.29, 0.717) is 22.3 Å². The van der Waals surface area contributed by atoms with Crippen molar-refractivity contribution in [3.05, 3.63) is 139 Å². The third-order valence-electron chi connectivity index (χ3n) is 11.6. The Bertz CT molecular complexity index is 3040. The van der Waals surface area contributed by atoms with E-state index in [9.17, 15) is 19.2 Å². The fourth-order valence-electron chi connectivity index (χ4n) is 8.96. The zero-order chi connectivity index (χ0) is 39.6. The minimum absolute atomic E-state index is 0.171. The van der Waals surface area contributed by atoms with E-state index in [1.807, 2.05) is 84.9 Å². The topological polar surface area (TPSA) is 86.7 Å². The van der Waals surface area contributed by atoms with Gasteiger partial charge in [-0.3, -0.25) is 19.2 Å². The summed E-state index contributed by atoms with van der Waals surface area (Å²) in [5.41, 5.74) is 3.00. The standard InChI is InChI=1S/C48H28O6S4/c1-47(2)35-43(41-33(53-47)19-25(55-41)17-31-37(49)27-13-21-9-5-6-10-22(21)14-28(27)38(31)50)57-46-36-44(58-45(35)46)42-34(54-48(36,3)4)20-26(56-42)18-32-39(51)29-15-23-11-7-8-12-24(23)16-30(29)40(32)52/h5-20H,1-4H3. The lowest BCUT2D eigenvalue weighted by atomic mass is 9.92. The fourth-order valence-corrected chi connectivity index (χ4v) is 14.8. The van der Waals surface area contributed by atoms with Gasteiger partial charge in [-0.05, 0) is 97.8 Å². The zero-order valence-corrected chi connectivity index (χ0v) is 34.6. The molecule has 4 aromatic carbocycles. The summed E-state index contributed by atoms with van der Waals surface area (Å²) in [6.07, 6.45) is 3.45. The van der Waals surface area contributed by atoms with E-state index in [4.69, 9.17) is 9.47 Å². The molecule has 0 amide bonds. The molecule has 0 bridgehead atoms. The maximum atomic E-state index is 13.6. The molecule has 0 saturated carbocycles. The average Bonchev–Trinajstić information content (AvgIpc) is 4.03. The Labute approximate surface area is 347 Å². The van der Waals surface area contributed by atoms with Gasteiger partial charge in [-0.1, -0.05) is 48.5 Å². The highest BCUT2D eigenvalue weighted by Gasteiger charge is 2.44. The van der Waals surface area contributed by atoms with Crippen LogP contribution in [0.1, 0.15) is 90.0 Å². The van der Waals surface area contributed by atoms with Crippen molar-refractivity contribution < 1.29 is 28.7 Å². The number of carbonyl (C=O) groups is 4. The van der Waals surface area contributed by atoms with E-state index in [0.717, 1.165) is 82.8 Å². The number of ketones is 4. The van der Waals surface area contributed by atoms with E-state index in [1.165, 1.54) is 22.7 Å². The Kier molecular flexibility index (Phi) is 6.77. The molecule has 0 N–H and O–H groups in total. The van der Waals surface area contributed by atoms with Crippen LogP contribution in [0, 0.1) is 0 Å². The van der Waals surface area contributed by atoms with Gasteiger partial charge in [0.05, 0.1) is 40.1 Å². The van der Waals surface area contributed by atoms with Gasteiger partial charge in [-0.25, -0.2) is 0 Å². The summed E-state index contributed by atoms with van der Waals surface area (Å²) in [6, 6.07) is 26.7. The summed E-state index contributed by atoms with van der Waals surface area (Å²) >= 11 is 6.51. The summed E-state index contributed by atoms with van der Waals surface area (Å²) in [4.78, 5) is 60.2. The van der Waals surface area contributed by atoms with Crippen LogP contribution >= 0.6 is 45.3 Å². The van der Waals surface area contributed by atoms with Crippen LogP contribution in [0.5, 0.6) is 11.5 Å². The number of hydrogen-bond acceptors (Lipinski definition) is 10. The molecule has 8 aromatic rings. The number of rotatable bonds is 2. The Hall–Kier alpha value is -5.78. The minimum Gasteiger partial charge on any atom is -0.481 e. The van der Waals surface area contributed by atoms with Gasteiger partial charge in [0.15, 0.2) is 23.1 Å². The highest BCUT2D eigenvalue weighted by Crippen LogP contribution is 2.62. The van der Waals surface area contributed by atoms with Crippen molar-refractivity contribution in [2.24, 2.45) is 0 Å². The molecule has 0 unspecified atom stereocenters. The summed E-state index contributed by atoms with van der Waals surface area (Å²) in [6.45, 7) is 8.33. The second-order valence-electron chi connectivity index (χ2n) is 16.1. The summed E-state index contributed by atoms with van der Waals surface area (Å²) < 4.78 is 15.8. The van der Waals surface area contributed by atoms with E-state index in [2.05, 4.69) is 27.7 Å². The van der Waals surface area contributed by atoms with Crippen molar-refractivity contribution in [3.63, 3.8) is 0 Å². The van der Waals surface area contributed by atoms with E-state index >= 15 is 0 Å². The van der Waals surface area contributed by atoms with Crippen molar-refractivity contribution >= 4 is 112 Å². The van der Waals surface area contributed by atoms with Gasteiger partial charge in [-0.2, -0.15) is 0 Å². The Morgan fingerprint density at radius 1 is 0.448 bits per heavy atom. The lowest BCUT2D eigenvalue weighted by Crippen LogP contribution is -2.27. The predicted octanol–water partition coefficient (Wildman–Crippen LogP) is 12.9. The first-order chi connectivity index (χ1) is 27.8. The predicted molar refractivity (Wildman–Crippen MR) is 235 cm³/mol. The highest BCUT2D eigenvalue weighted by molar-refractivity contribution is 7.34. The number of thiophene rings is 4. The van der Waals surface area contributed by atoms with Crippen LogP contribution in [-0.4, -0.2) is 23.1 Å².